The second-order valence-corrected chi connectivity index (χ2v) is 3.15. The zero-order valence-electron chi connectivity index (χ0n) is 6.14. The van der Waals surface area contributed by atoms with Crippen molar-refractivity contribution in [1.82, 2.24) is 0 Å². The number of nitrogens with two attached hydrogens (primary N) is 1. The highest BCUT2D eigenvalue weighted by atomic mass is 79.9. The van der Waals surface area contributed by atoms with Gasteiger partial charge in [-0.3, -0.25) is 0 Å². The van der Waals surface area contributed by atoms with Crippen LogP contribution in [0.5, 0.6) is 0 Å². The molecule has 0 aromatic heterocycles. The first kappa shape index (κ1) is 9.01. The first-order valence-electron chi connectivity index (χ1n) is 3.25. The highest BCUT2D eigenvalue weighted by Crippen LogP contribution is 2.23. The van der Waals surface area contributed by atoms with Crippen molar-refractivity contribution in [2.45, 2.75) is 6.42 Å². The van der Waals surface area contributed by atoms with Gasteiger partial charge in [-0.2, -0.15) is 5.26 Å². The van der Waals surface area contributed by atoms with Crippen LogP contribution in [0.4, 0.5) is 10.1 Å². The van der Waals surface area contributed by atoms with Crippen LogP contribution in [0.15, 0.2) is 16.6 Å². The molecule has 0 radical (unpaired) electrons. The molecule has 1 rings (SSSR count). The highest BCUT2D eigenvalue weighted by Gasteiger charge is 2.06. The number of nitrogen functional groups attached to an aromatic ring is 1. The quantitative estimate of drug-likeness (QED) is 0.750. The molecule has 0 aliphatic heterocycles. The van der Waals surface area contributed by atoms with Gasteiger partial charge in [0.25, 0.3) is 0 Å². The van der Waals surface area contributed by atoms with E-state index in [9.17, 15) is 4.39 Å². The second-order valence-electron chi connectivity index (χ2n) is 2.30. The molecule has 0 bridgehead atoms. The monoisotopic (exact) mass is 228 g/mol. The number of hydrogen-bond acceptors (Lipinski definition) is 2. The number of hydrogen-bond donors (Lipinski definition) is 1. The Morgan fingerprint density at radius 1 is 1.58 bits per heavy atom. The fraction of sp³-hybridized carbons (Fsp3) is 0.125. The largest absolute Gasteiger partial charge is 0.399 e. The predicted molar refractivity (Wildman–Crippen MR) is 47.8 cm³/mol. The molecule has 0 heterocycles. The molecule has 12 heavy (non-hydrogen) atoms. The molecule has 0 saturated heterocycles. The molecular formula is C8H6BrFN2. The van der Waals surface area contributed by atoms with Crippen molar-refractivity contribution < 1.29 is 4.39 Å². The van der Waals surface area contributed by atoms with Gasteiger partial charge in [0.15, 0.2) is 0 Å². The van der Waals surface area contributed by atoms with E-state index in [0.717, 1.165) is 0 Å². The van der Waals surface area contributed by atoms with Gasteiger partial charge in [-0.1, -0.05) is 15.9 Å². The van der Waals surface area contributed by atoms with Crippen molar-refractivity contribution in [1.29, 1.82) is 5.26 Å². The molecular weight excluding hydrogens is 223 g/mol. The van der Waals surface area contributed by atoms with Crippen LogP contribution < -0.4 is 5.73 Å². The summed E-state index contributed by atoms with van der Waals surface area (Å²) in [5, 5.41) is 8.37. The molecule has 2 nitrogen and oxygen atoms in total. The molecule has 62 valence electrons. The van der Waals surface area contributed by atoms with E-state index in [1.165, 1.54) is 6.07 Å². The minimum Gasteiger partial charge on any atom is -0.399 e. The van der Waals surface area contributed by atoms with E-state index in [0.29, 0.717) is 15.7 Å². The maximum atomic E-state index is 13.0. The minimum atomic E-state index is -0.441. The lowest BCUT2D eigenvalue weighted by atomic mass is 10.1. The number of benzene rings is 1. The molecule has 0 spiro atoms. The van der Waals surface area contributed by atoms with E-state index in [2.05, 4.69) is 15.9 Å². The standard InChI is InChI=1S/C8H6BrFN2/c9-7-3-5(12)4-8(10)6(7)1-2-11/h3-4H,1,12H2. The fourth-order valence-corrected chi connectivity index (χ4v) is 1.46. The van der Waals surface area contributed by atoms with Gasteiger partial charge in [-0.25, -0.2) is 4.39 Å². The van der Waals surface area contributed by atoms with Gasteiger partial charge in [0.05, 0.1) is 12.5 Å². The number of nitrogens with zero attached hydrogens (tertiary/aromatic N) is 1. The predicted octanol–water partition coefficient (Wildman–Crippen LogP) is 2.24. The normalized spacial score (nSPS) is 9.42. The summed E-state index contributed by atoms with van der Waals surface area (Å²) in [4.78, 5) is 0. The lowest BCUT2D eigenvalue weighted by molar-refractivity contribution is 0.614. The Morgan fingerprint density at radius 2 is 2.25 bits per heavy atom. The summed E-state index contributed by atoms with van der Waals surface area (Å²) in [6.07, 6.45) is 0.0483. The number of rotatable bonds is 1. The summed E-state index contributed by atoms with van der Waals surface area (Å²) in [6, 6.07) is 4.66. The van der Waals surface area contributed by atoms with E-state index < -0.39 is 5.82 Å². The van der Waals surface area contributed by atoms with E-state index in [4.69, 9.17) is 11.0 Å². The number of halogens is 2. The van der Waals surface area contributed by atoms with E-state index in [1.54, 1.807) is 6.07 Å². The van der Waals surface area contributed by atoms with E-state index >= 15 is 0 Å². The van der Waals surface area contributed by atoms with Gasteiger partial charge in [-0.15, -0.1) is 0 Å². The lowest BCUT2D eigenvalue weighted by Gasteiger charge is -2.02. The molecule has 1 aromatic rings. The molecule has 0 atom stereocenters. The Bertz CT molecular complexity index is 320. The maximum absolute atomic E-state index is 13.0. The van der Waals surface area contributed by atoms with Crippen LogP contribution in [0.25, 0.3) is 0 Å². The van der Waals surface area contributed by atoms with Crippen LogP contribution in [-0.2, 0) is 6.42 Å². The minimum absolute atomic E-state index is 0.0483. The zero-order valence-corrected chi connectivity index (χ0v) is 7.73. The Morgan fingerprint density at radius 3 is 2.75 bits per heavy atom. The molecule has 0 saturated carbocycles. The fourth-order valence-electron chi connectivity index (χ4n) is 0.871. The third-order valence-electron chi connectivity index (χ3n) is 1.42. The van der Waals surface area contributed by atoms with Crippen molar-refractivity contribution in [2.75, 3.05) is 5.73 Å². The Hall–Kier alpha value is -1.08. The van der Waals surface area contributed by atoms with E-state index in [1.807, 2.05) is 6.07 Å². The van der Waals surface area contributed by atoms with Crippen molar-refractivity contribution in [3.05, 3.63) is 28.0 Å². The molecule has 0 unspecified atom stereocenters. The average Bonchev–Trinajstić information content (AvgIpc) is 1.96. The third kappa shape index (κ3) is 1.74. The van der Waals surface area contributed by atoms with Gasteiger partial charge in [0, 0.05) is 15.7 Å². The summed E-state index contributed by atoms with van der Waals surface area (Å²) in [5.41, 5.74) is 6.07. The van der Waals surface area contributed by atoms with Gasteiger partial charge < -0.3 is 5.73 Å². The van der Waals surface area contributed by atoms with Crippen LogP contribution in [-0.4, -0.2) is 0 Å². The summed E-state index contributed by atoms with van der Waals surface area (Å²) in [5.74, 6) is -0.441. The average molecular weight is 229 g/mol. The summed E-state index contributed by atoms with van der Waals surface area (Å²) in [7, 11) is 0. The van der Waals surface area contributed by atoms with Crippen LogP contribution in [0.1, 0.15) is 5.56 Å². The summed E-state index contributed by atoms with van der Waals surface area (Å²) < 4.78 is 13.6. The van der Waals surface area contributed by atoms with Crippen molar-refractivity contribution in [3.8, 4) is 6.07 Å². The van der Waals surface area contributed by atoms with Crippen LogP contribution in [0.2, 0.25) is 0 Å². The summed E-state index contributed by atoms with van der Waals surface area (Å²) >= 11 is 3.13. The molecule has 0 aliphatic carbocycles. The maximum Gasteiger partial charge on any atom is 0.130 e. The van der Waals surface area contributed by atoms with Gasteiger partial charge in [-0.05, 0) is 12.1 Å². The van der Waals surface area contributed by atoms with Crippen molar-refractivity contribution >= 4 is 21.6 Å². The van der Waals surface area contributed by atoms with Gasteiger partial charge in [0.1, 0.15) is 5.82 Å². The van der Waals surface area contributed by atoms with Crippen LogP contribution in [0.3, 0.4) is 0 Å². The molecule has 2 N–H and O–H groups in total. The zero-order chi connectivity index (χ0) is 9.14. The SMILES string of the molecule is N#CCc1c(F)cc(N)cc1Br. The van der Waals surface area contributed by atoms with Gasteiger partial charge in [0.2, 0.25) is 0 Å². The Balaban J connectivity index is 3.21. The van der Waals surface area contributed by atoms with Crippen LogP contribution in [0, 0.1) is 17.1 Å². The molecule has 4 heteroatoms. The lowest BCUT2D eigenvalue weighted by Crippen LogP contribution is -1.94. The van der Waals surface area contributed by atoms with Crippen LogP contribution >= 0.6 is 15.9 Å². The topological polar surface area (TPSA) is 49.8 Å². The smallest absolute Gasteiger partial charge is 0.130 e. The Kier molecular flexibility index (Phi) is 2.66. The number of anilines is 1. The first-order valence-corrected chi connectivity index (χ1v) is 4.05. The van der Waals surface area contributed by atoms with Gasteiger partial charge >= 0.3 is 0 Å². The third-order valence-corrected chi connectivity index (χ3v) is 2.13. The molecule has 0 aliphatic rings. The molecule has 0 fully saturated rings. The van der Waals surface area contributed by atoms with Crippen molar-refractivity contribution in [2.24, 2.45) is 0 Å². The molecule has 1 aromatic carbocycles. The first-order chi connectivity index (χ1) is 5.65. The highest BCUT2D eigenvalue weighted by molar-refractivity contribution is 9.10. The van der Waals surface area contributed by atoms with E-state index in [-0.39, 0.29) is 6.42 Å². The number of nitriles is 1. The van der Waals surface area contributed by atoms with Crippen molar-refractivity contribution in [3.63, 3.8) is 0 Å². The summed E-state index contributed by atoms with van der Waals surface area (Å²) in [6.45, 7) is 0. The second kappa shape index (κ2) is 3.55. The Labute approximate surface area is 77.9 Å². The molecule has 0 amide bonds.